The molecule has 204 valence electrons. The number of amides is 1. The van der Waals surface area contributed by atoms with E-state index in [0.29, 0.717) is 73.6 Å². The maximum Gasteiger partial charge on any atom is 0.295 e. The zero-order valence-electron chi connectivity index (χ0n) is 22.2. The molecule has 0 spiro atoms. The lowest BCUT2D eigenvalue weighted by atomic mass is 9.94. The quantitative estimate of drug-likeness (QED) is 0.187. The molecule has 9 heteroatoms. The van der Waals surface area contributed by atoms with Crippen LogP contribution in [0.1, 0.15) is 50.3 Å². The summed E-state index contributed by atoms with van der Waals surface area (Å²) in [6, 6.07) is 9.51. The Morgan fingerprint density at radius 2 is 1.76 bits per heavy atom. The van der Waals surface area contributed by atoms with Crippen LogP contribution in [0.25, 0.3) is 5.76 Å². The Morgan fingerprint density at radius 1 is 0.974 bits per heavy atom. The molecule has 0 unspecified atom stereocenters. The number of hydrogen-bond acceptors (Lipinski definition) is 8. The minimum absolute atomic E-state index is 0.00574. The molecule has 2 aliphatic rings. The fraction of sp³-hybridized carbons (Fsp3) is 0.448. The van der Waals surface area contributed by atoms with Crippen molar-refractivity contribution in [2.24, 2.45) is 0 Å². The lowest BCUT2D eigenvalue weighted by Crippen LogP contribution is -2.31. The van der Waals surface area contributed by atoms with Crippen LogP contribution in [0.3, 0.4) is 0 Å². The molecule has 2 aliphatic heterocycles. The number of fused-ring (bicyclic) bond motifs is 1. The van der Waals surface area contributed by atoms with Gasteiger partial charge in [0, 0.05) is 25.8 Å². The number of likely N-dealkylation sites (tertiary alicyclic amines) is 1. The molecule has 1 N–H and O–H groups in total. The van der Waals surface area contributed by atoms with Crippen molar-refractivity contribution >= 4 is 17.4 Å². The van der Waals surface area contributed by atoms with Gasteiger partial charge < -0.3 is 33.7 Å². The second kappa shape index (κ2) is 12.7. The maximum atomic E-state index is 13.3. The van der Waals surface area contributed by atoms with Crippen molar-refractivity contribution in [3.05, 3.63) is 53.1 Å². The topological polar surface area (TPSA) is 104 Å². The first-order chi connectivity index (χ1) is 18.5. The van der Waals surface area contributed by atoms with E-state index in [-0.39, 0.29) is 17.9 Å². The largest absolute Gasteiger partial charge is 0.507 e. The number of carbonyl (C=O) groups excluding carboxylic acids is 2. The van der Waals surface area contributed by atoms with Gasteiger partial charge in [0.15, 0.2) is 23.0 Å². The van der Waals surface area contributed by atoms with Gasteiger partial charge in [-0.3, -0.25) is 9.59 Å². The molecule has 1 atom stereocenters. The average molecular weight is 526 g/mol. The monoisotopic (exact) mass is 525 g/mol. The van der Waals surface area contributed by atoms with E-state index in [4.69, 9.17) is 23.7 Å². The number of benzene rings is 2. The van der Waals surface area contributed by atoms with Crippen LogP contribution in [-0.4, -0.2) is 68.4 Å². The van der Waals surface area contributed by atoms with Crippen molar-refractivity contribution in [3.63, 3.8) is 0 Å². The summed E-state index contributed by atoms with van der Waals surface area (Å²) in [5.74, 6) is 0.436. The van der Waals surface area contributed by atoms with Crippen LogP contribution in [0, 0.1) is 0 Å². The van der Waals surface area contributed by atoms with Crippen molar-refractivity contribution < 1.29 is 38.4 Å². The maximum absolute atomic E-state index is 13.3. The van der Waals surface area contributed by atoms with Gasteiger partial charge in [0.25, 0.3) is 11.7 Å². The third-order valence-corrected chi connectivity index (χ3v) is 6.44. The number of carbonyl (C=O) groups is 2. The standard InChI is InChI=1S/C29H35NO8/c1-4-6-14-36-21-10-8-19(17-23(21)35-5-2)26-25(28(32)29(33)30(26)12-7-13-34-3)27(31)20-9-11-22-24(18-20)38-16-15-37-22/h8-11,17-18,26,31H,4-7,12-16H2,1-3H3/b27-25+/t26-/m0/s1. The van der Waals surface area contributed by atoms with Gasteiger partial charge >= 0.3 is 0 Å². The highest BCUT2D eigenvalue weighted by Crippen LogP contribution is 2.43. The van der Waals surface area contributed by atoms with Gasteiger partial charge in [0.2, 0.25) is 0 Å². The molecule has 1 fully saturated rings. The fourth-order valence-electron chi connectivity index (χ4n) is 4.59. The van der Waals surface area contributed by atoms with E-state index in [1.807, 2.05) is 6.92 Å². The zero-order valence-corrected chi connectivity index (χ0v) is 22.2. The van der Waals surface area contributed by atoms with Gasteiger partial charge in [0.05, 0.1) is 24.8 Å². The van der Waals surface area contributed by atoms with Crippen molar-refractivity contribution in [1.82, 2.24) is 4.90 Å². The van der Waals surface area contributed by atoms with E-state index >= 15 is 0 Å². The average Bonchev–Trinajstić information content (AvgIpc) is 3.18. The molecule has 38 heavy (non-hydrogen) atoms. The Hall–Kier alpha value is -3.72. The highest BCUT2D eigenvalue weighted by Gasteiger charge is 2.46. The molecule has 9 nitrogen and oxygen atoms in total. The molecule has 4 rings (SSSR count). The number of aliphatic hydroxyl groups is 1. The molecule has 0 aromatic heterocycles. The van der Waals surface area contributed by atoms with Crippen molar-refractivity contribution in [2.45, 2.75) is 39.2 Å². The van der Waals surface area contributed by atoms with Crippen LogP contribution < -0.4 is 18.9 Å². The third-order valence-electron chi connectivity index (χ3n) is 6.44. The van der Waals surface area contributed by atoms with Gasteiger partial charge in [-0.1, -0.05) is 19.4 Å². The minimum atomic E-state index is -0.816. The Bertz CT molecular complexity index is 1190. The molecule has 0 bridgehead atoms. The van der Waals surface area contributed by atoms with Crippen LogP contribution >= 0.6 is 0 Å². The predicted molar refractivity (Wildman–Crippen MR) is 141 cm³/mol. The van der Waals surface area contributed by atoms with Crippen LogP contribution in [0.2, 0.25) is 0 Å². The summed E-state index contributed by atoms with van der Waals surface area (Å²) in [6.07, 6.45) is 2.43. The smallest absolute Gasteiger partial charge is 0.295 e. The molecular weight excluding hydrogens is 490 g/mol. The highest BCUT2D eigenvalue weighted by atomic mass is 16.6. The summed E-state index contributed by atoms with van der Waals surface area (Å²) < 4.78 is 28.2. The summed E-state index contributed by atoms with van der Waals surface area (Å²) in [5, 5.41) is 11.4. The molecule has 2 aromatic rings. The second-order valence-corrected chi connectivity index (χ2v) is 9.04. The predicted octanol–water partition coefficient (Wildman–Crippen LogP) is 4.49. The summed E-state index contributed by atoms with van der Waals surface area (Å²) >= 11 is 0. The number of ketones is 1. The number of aliphatic hydroxyl groups excluding tert-OH is 1. The summed E-state index contributed by atoms with van der Waals surface area (Å²) in [5.41, 5.74) is 0.997. The molecule has 0 radical (unpaired) electrons. The minimum Gasteiger partial charge on any atom is -0.507 e. The number of Topliss-reactive ketones (excluding diaryl/α,β-unsaturated/α-hetero) is 1. The molecule has 2 heterocycles. The van der Waals surface area contributed by atoms with E-state index in [1.54, 1.807) is 43.5 Å². The van der Waals surface area contributed by atoms with Crippen LogP contribution in [0.4, 0.5) is 0 Å². The van der Waals surface area contributed by atoms with Gasteiger partial charge in [-0.25, -0.2) is 0 Å². The first kappa shape index (κ1) is 27.3. The summed E-state index contributed by atoms with van der Waals surface area (Å²) in [6.45, 7) is 6.45. The Labute approximate surface area is 222 Å². The van der Waals surface area contributed by atoms with Gasteiger partial charge in [0.1, 0.15) is 19.0 Å². The first-order valence-electron chi connectivity index (χ1n) is 13.1. The van der Waals surface area contributed by atoms with Crippen LogP contribution in [-0.2, 0) is 14.3 Å². The molecule has 1 amide bonds. The van der Waals surface area contributed by atoms with E-state index in [2.05, 4.69) is 6.92 Å². The second-order valence-electron chi connectivity index (χ2n) is 9.04. The van der Waals surface area contributed by atoms with E-state index in [9.17, 15) is 14.7 Å². The number of rotatable bonds is 12. The molecular formula is C29H35NO8. The first-order valence-corrected chi connectivity index (χ1v) is 13.1. The van der Waals surface area contributed by atoms with E-state index < -0.39 is 17.7 Å². The van der Waals surface area contributed by atoms with Gasteiger partial charge in [-0.15, -0.1) is 0 Å². The van der Waals surface area contributed by atoms with Gasteiger partial charge in [-0.05, 0) is 55.7 Å². The lowest BCUT2D eigenvalue weighted by molar-refractivity contribution is -0.140. The molecule has 0 saturated carbocycles. The Morgan fingerprint density at radius 3 is 2.50 bits per heavy atom. The van der Waals surface area contributed by atoms with Crippen LogP contribution in [0.5, 0.6) is 23.0 Å². The Balaban J connectivity index is 1.79. The summed E-state index contributed by atoms with van der Waals surface area (Å²) in [4.78, 5) is 28.0. The van der Waals surface area contributed by atoms with E-state index in [0.717, 1.165) is 12.8 Å². The number of nitrogens with zero attached hydrogens (tertiary/aromatic N) is 1. The van der Waals surface area contributed by atoms with Crippen molar-refractivity contribution in [2.75, 3.05) is 46.7 Å². The normalized spacial score (nSPS) is 18.1. The van der Waals surface area contributed by atoms with Gasteiger partial charge in [-0.2, -0.15) is 0 Å². The SMILES string of the molecule is CCCCOc1ccc([C@H]2/C(=C(\O)c3ccc4c(c3)OCCO4)C(=O)C(=O)N2CCCOC)cc1OCC. The molecule has 0 aliphatic carbocycles. The zero-order chi connectivity index (χ0) is 27.1. The van der Waals surface area contributed by atoms with Crippen molar-refractivity contribution in [1.29, 1.82) is 0 Å². The molecule has 2 aromatic carbocycles. The highest BCUT2D eigenvalue weighted by molar-refractivity contribution is 6.46. The molecule has 1 saturated heterocycles. The Kier molecular flexibility index (Phi) is 9.12. The third kappa shape index (κ3) is 5.72. The number of unbranched alkanes of at least 4 members (excludes halogenated alkanes) is 1. The van der Waals surface area contributed by atoms with Crippen molar-refractivity contribution in [3.8, 4) is 23.0 Å². The number of ether oxygens (including phenoxy) is 5. The van der Waals surface area contributed by atoms with Crippen LogP contribution in [0.15, 0.2) is 42.0 Å². The number of hydrogen-bond donors (Lipinski definition) is 1. The van der Waals surface area contributed by atoms with E-state index in [1.165, 1.54) is 4.90 Å². The fourth-order valence-corrected chi connectivity index (χ4v) is 4.59. The summed E-state index contributed by atoms with van der Waals surface area (Å²) in [7, 11) is 1.58. The lowest BCUT2D eigenvalue weighted by Gasteiger charge is -2.26. The number of methoxy groups -OCH3 is 1.